The van der Waals surface area contributed by atoms with E-state index in [4.69, 9.17) is 14.7 Å². The van der Waals surface area contributed by atoms with Gasteiger partial charge in [-0.05, 0) is 32.4 Å². The van der Waals surface area contributed by atoms with Gasteiger partial charge in [-0.2, -0.15) is 5.26 Å². The fourth-order valence-corrected chi connectivity index (χ4v) is 1.48. The second kappa shape index (κ2) is 8.64. The maximum atomic E-state index is 11.5. The molecule has 1 aromatic rings. The molecule has 1 unspecified atom stereocenters. The van der Waals surface area contributed by atoms with Crippen LogP contribution in [0.5, 0.6) is 5.75 Å². The number of anilines is 1. The standard InChI is InChI=1S/C16H20N2O3/c1-4-12(3)21-15-8-6-7-14(9-15)18-11-13(10-17)16(19)20-5-2/h6-9,11-12,18H,4-5H2,1-3H3/b13-11+. The summed E-state index contributed by atoms with van der Waals surface area (Å²) >= 11 is 0. The summed E-state index contributed by atoms with van der Waals surface area (Å²) in [5.74, 6) is 0.0944. The number of nitriles is 1. The summed E-state index contributed by atoms with van der Waals surface area (Å²) in [5, 5.41) is 11.8. The lowest BCUT2D eigenvalue weighted by molar-refractivity contribution is -0.138. The highest BCUT2D eigenvalue weighted by Gasteiger charge is 2.09. The molecular formula is C16H20N2O3. The normalized spacial score (nSPS) is 12.2. The first-order chi connectivity index (χ1) is 10.1. The highest BCUT2D eigenvalue weighted by Crippen LogP contribution is 2.19. The average Bonchev–Trinajstić information content (AvgIpc) is 2.48. The smallest absolute Gasteiger partial charge is 0.350 e. The van der Waals surface area contributed by atoms with Crippen LogP contribution in [-0.4, -0.2) is 18.7 Å². The first-order valence-electron chi connectivity index (χ1n) is 6.91. The van der Waals surface area contributed by atoms with E-state index >= 15 is 0 Å². The van der Waals surface area contributed by atoms with Crippen LogP contribution in [0.3, 0.4) is 0 Å². The fraction of sp³-hybridized carbons (Fsp3) is 0.375. The first kappa shape index (κ1) is 16.6. The molecule has 0 fully saturated rings. The quantitative estimate of drug-likeness (QED) is 0.474. The number of nitrogens with one attached hydrogen (secondary N) is 1. The summed E-state index contributed by atoms with van der Waals surface area (Å²) in [6, 6.07) is 9.13. The Morgan fingerprint density at radius 1 is 1.48 bits per heavy atom. The van der Waals surface area contributed by atoms with Gasteiger partial charge in [-0.3, -0.25) is 0 Å². The Labute approximate surface area is 125 Å². The summed E-state index contributed by atoms with van der Waals surface area (Å²) in [4.78, 5) is 11.5. The van der Waals surface area contributed by atoms with Gasteiger partial charge in [0.05, 0.1) is 12.7 Å². The van der Waals surface area contributed by atoms with Gasteiger partial charge in [-0.1, -0.05) is 13.0 Å². The van der Waals surface area contributed by atoms with Crippen LogP contribution in [0, 0.1) is 11.3 Å². The Balaban J connectivity index is 2.76. The van der Waals surface area contributed by atoms with E-state index in [0.717, 1.165) is 17.9 Å². The second-order valence-corrected chi connectivity index (χ2v) is 4.40. The molecule has 112 valence electrons. The van der Waals surface area contributed by atoms with Crippen LogP contribution >= 0.6 is 0 Å². The molecule has 21 heavy (non-hydrogen) atoms. The second-order valence-electron chi connectivity index (χ2n) is 4.40. The van der Waals surface area contributed by atoms with Crippen LogP contribution < -0.4 is 10.1 Å². The molecule has 1 atom stereocenters. The molecule has 0 bridgehead atoms. The minimum Gasteiger partial charge on any atom is -0.491 e. The third-order valence-electron chi connectivity index (χ3n) is 2.75. The number of carbonyl (C=O) groups excluding carboxylic acids is 1. The van der Waals surface area contributed by atoms with Crippen LogP contribution in [0.15, 0.2) is 36.0 Å². The van der Waals surface area contributed by atoms with Crippen molar-refractivity contribution < 1.29 is 14.3 Å². The van der Waals surface area contributed by atoms with Gasteiger partial charge < -0.3 is 14.8 Å². The lowest BCUT2D eigenvalue weighted by atomic mass is 10.2. The molecule has 0 saturated carbocycles. The zero-order valence-corrected chi connectivity index (χ0v) is 12.6. The van der Waals surface area contributed by atoms with Crippen molar-refractivity contribution in [2.45, 2.75) is 33.3 Å². The van der Waals surface area contributed by atoms with Crippen LogP contribution in [0.25, 0.3) is 0 Å². The molecule has 0 spiro atoms. The molecule has 0 aromatic heterocycles. The van der Waals surface area contributed by atoms with Crippen molar-refractivity contribution in [3.8, 4) is 11.8 Å². The van der Waals surface area contributed by atoms with Crippen LogP contribution in [-0.2, 0) is 9.53 Å². The van der Waals surface area contributed by atoms with Gasteiger partial charge in [0.2, 0.25) is 0 Å². The molecule has 0 aliphatic rings. The lowest BCUT2D eigenvalue weighted by Gasteiger charge is -2.13. The van der Waals surface area contributed by atoms with Gasteiger partial charge >= 0.3 is 5.97 Å². The molecular weight excluding hydrogens is 268 g/mol. The van der Waals surface area contributed by atoms with Crippen molar-refractivity contribution in [2.24, 2.45) is 0 Å². The predicted molar refractivity (Wildman–Crippen MR) is 80.8 cm³/mol. The summed E-state index contributed by atoms with van der Waals surface area (Å²) in [6.07, 6.45) is 2.38. The molecule has 0 aliphatic carbocycles. The van der Waals surface area contributed by atoms with Crippen LogP contribution in [0.4, 0.5) is 5.69 Å². The average molecular weight is 288 g/mol. The topological polar surface area (TPSA) is 71.4 Å². The van der Waals surface area contributed by atoms with Crippen molar-refractivity contribution in [1.29, 1.82) is 5.26 Å². The molecule has 0 amide bonds. The van der Waals surface area contributed by atoms with Crippen molar-refractivity contribution in [1.82, 2.24) is 0 Å². The minimum atomic E-state index is -0.639. The number of carbonyl (C=O) groups is 1. The van der Waals surface area contributed by atoms with E-state index in [-0.39, 0.29) is 18.3 Å². The molecule has 1 N–H and O–H groups in total. The zero-order chi connectivity index (χ0) is 15.7. The first-order valence-corrected chi connectivity index (χ1v) is 6.91. The SMILES string of the molecule is CCOC(=O)/C(C#N)=C/Nc1cccc(OC(C)CC)c1. The molecule has 0 radical (unpaired) electrons. The van der Waals surface area contributed by atoms with Gasteiger partial charge in [0.15, 0.2) is 5.57 Å². The Hall–Kier alpha value is -2.48. The van der Waals surface area contributed by atoms with Crippen molar-refractivity contribution >= 4 is 11.7 Å². The van der Waals surface area contributed by atoms with E-state index < -0.39 is 5.97 Å². The van der Waals surface area contributed by atoms with E-state index in [0.29, 0.717) is 0 Å². The van der Waals surface area contributed by atoms with Crippen molar-refractivity contribution in [3.63, 3.8) is 0 Å². The van der Waals surface area contributed by atoms with Crippen molar-refractivity contribution in [2.75, 3.05) is 11.9 Å². The lowest BCUT2D eigenvalue weighted by Crippen LogP contribution is -2.10. The van der Waals surface area contributed by atoms with Gasteiger partial charge in [-0.15, -0.1) is 0 Å². The van der Waals surface area contributed by atoms with Gasteiger partial charge in [0, 0.05) is 18.0 Å². The summed E-state index contributed by atoms with van der Waals surface area (Å²) in [6.45, 7) is 5.97. The molecule has 1 aromatic carbocycles. The fourth-order valence-electron chi connectivity index (χ4n) is 1.48. The molecule has 0 saturated heterocycles. The number of benzene rings is 1. The molecule has 0 aliphatic heterocycles. The summed E-state index contributed by atoms with van der Waals surface area (Å²) in [5.41, 5.74) is 0.651. The van der Waals surface area contributed by atoms with Crippen LogP contribution in [0.1, 0.15) is 27.2 Å². The number of hydrogen-bond donors (Lipinski definition) is 1. The third-order valence-corrected chi connectivity index (χ3v) is 2.75. The van der Waals surface area contributed by atoms with E-state index in [1.54, 1.807) is 13.0 Å². The van der Waals surface area contributed by atoms with E-state index in [1.165, 1.54) is 6.20 Å². The maximum Gasteiger partial charge on any atom is 0.350 e. The predicted octanol–water partition coefficient (Wildman–Crippen LogP) is 3.25. The highest BCUT2D eigenvalue weighted by molar-refractivity contribution is 5.93. The number of hydrogen-bond acceptors (Lipinski definition) is 5. The Bertz CT molecular complexity index is 547. The molecule has 5 heteroatoms. The monoisotopic (exact) mass is 288 g/mol. The van der Waals surface area contributed by atoms with Gasteiger partial charge in [0.1, 0.15) is 11.8 Å². The van der Waals surface area contributed by atoms with E-state index in [1.807, 2.05) is 38.1 Å². The number of ether oxygens (including phenoxy) is 2. The Morgan fingerprint density at radius 2 is 2.24 bits per heavy atom. The molecule has 5 nitrogen and oxygen atoms in total. The van der Waals surface area contributed by atoms with Gasteiger partial charge in [-0.25, -0.2) is 4.79 Å². The highest BCUT2D eigenvalue weighted by atomic mass is 16.5. The number of nitrogens with zero attached hydrogens (tertiary/aromatic N) is 1. The van der Waals surface area contributed by atoms with Crippen molar-refractivity contribution in [3.05, 3.63) is 36.0 Å². The van der Waals surface area contributed by atoms with Gasteiger partial charge in [0.25, 0.3) is 0 Å². The summed E-state index contributed by atoms with van der Waals surface area (Å²) < 4.78 is 10.5. The maximum absolute atomic E-state index is 11.5. The number of esters is 1. The van der Waals surface area contributed by atoms with E-state index in [2.05, 4.69) is 5.32 Å². The molecule has 0 heterocycles. The Morgan fingerprint density at radius 3 is 2.86 bits per heavy atom. The number of rotatable bonds is 7. The van der Waals surface area contributed by atoms with E-state index in [9.17, 15) is 4.79 Å². The third kappa shape index (κ3) is 5.57. The largest absolute Gasteiger partial charge is 0.491 e. The zero-order valence-electron chi connectivity index (χ0n) is 12.6. The van der Waals surface area contributed by atoms with Crippen LogP contribution in [0.2, 0.25) is 0 Å². The molecule has 1 rings (SSSR count). The minimum absolute atomic E-state index is 0.0786. The Kier molecular flexibility index (Phi) is 6.82. The summed E-state index contributed by atoms with van der Waals surface area (Å²) in [7, 11) is 0.